The molecule has 0 aliphatic heterocycles. The van der Waals surface area contributed by atoms with Crippen molar-refractivity contribution in [3.8, 4) is 0 Å². The highest BCUT2D eigenvalue weighted by molar-refractivity contribution is 5.97. The molecule has 1 amide bonds. The van der Waals surface area contributed by atoms with Crippen LogP contribution >= 0.6 is 0 Å². The van der Waals surface area contributed by atoms with Gasteiger partial charge in [0.2, 0.25) is 0 Å². The summed E-state index contributed by atoms with van der Waals surface area (Å²) in [5, 5.41) is 3.79. The average molecular weight is 249 g/mol. The number of pyridine rings is 1. The van der Waals surface area contributed by atoms with E-state index in [1.54, 1.807) is 24.1 Å². The lowest BCUT2D eigenvalue weighted by Crippen LogP contribution is -2.31. The molecule has 0 saturated carbocycles. The van der Waals surface area contributed by atoms with E-state index in [9.17, 15) is 4.79 Å². The summed E-state index contributed by atoms with van der Waals surface area (Å²) in [7, 11) is 3.23. The second-order valence-corrected chi connectivity index (χ2v) is 4.31. The van der Waals surface area contributed by atoms with Gasteiger partial charge in [0.25, 0.3) is 5.91 Å². The third-order valence-corrected chi connectivity index (χ3v) is 2.39. The molecule has 0 saturated heterocycles. The normalized spacial score (nSPS) is 11.3. The van der Waals surface area contributed by atoms with Crippen LogP contribution in [0.15, 0.2) is 17.3 Å². The smallest absolute Gasteiger partial charge is 0.254 e. The maximum atomic E-state index is 12.2. The fourth-order valence-corrected chi connectivity index (χ4v) is 1.78. The van der Waals surface area contributed by atoms with Crippen molar-refractivity contribution in [3.05, 3.63) is 29.1 Å². The number of hydrogen-bond donors (Lipinski definition) is 0. The molecule has 0 bridgehead atoms. The predicted octanol–water partition coefficient (Wildman–Crippen LogP) is 1.79. The van der Waals surface area contributed by atoms with Crippen molar-refractivity contribution in [2.45, 2.75) is 20.8 Å². The lowest BCUT2D eigenvalue weighted by atomic mass is 10.1. The van der Waals surface area contributed by atoms with Gasteiger partial charge in [-0.15, -0.1) is 0 Å². The number of hydrogen-bond acceptors (Lipinski definition) is 4. The number of oxime groups is 1. The summed E-state index contributed by atoms with van der Waals surface area (Å²) in [6.07, 6.45) is 0. The van der Waals surface area contributed by atoms with Gasteiger partial charge in [0.15, 0.2) is 0 Å². The first-order valence-corrected chi connectivity index (χ1v) is 5.71. The van der Waals surface area contributed by atoms with Gasteiger partial charge in [-0.1, -0.05) is 5.16 Å². The van der Waals surface area contributed by atoms with E-state index >= 15 is 0 Å². The lowest BCUT2D eigenvalue weighted by molar-refractivity contribution is 0.0813. The fraction of sp³-hybridized carbons (Fsp3) is 0.462. The molecule has 0 aliphatic rings. The van der Waals surface area contributed by atoms with E-state index in [0.717, 1.165) is 17.1 Å². The number of rotatable bonds is 4. The van der Waals surface area contributed by atoms with E-state index in [4.69, 9.17) is 0 Å². The summed E-state index contributed by atoms with van der Waals surface area (Å²) in [5.74, 6) is -0.0470. The van der Waals surface area contributed by atoms with Crippen LogP contribution in [0, 0.1) is 13.8 Å². The van der Waals surface area contributed by atoms with Gasteiger partial charge in [-0.25, -0.2) is 0 Å². The Morgan fingerprint density at radius 1 is 1.39 bits per heavy atom. The van der Waals surface area contributed by atoms with E-state index < -0.39 is 0 Å². The van der Waals surface area contributed by atoms with Crippen LogP contribution in [0.5, 0.6) is 0 Å². The molecule has 0 unspecified atom stereocenters. The summed E-state index contributed by atoms with van der Waals surface area (Å²) in [5.41, 5.74) is 3.08. The predicted molar refractivity (Wildman–Crippen MR) is 70.8 cm³/mol. The Kier molecular flexibility index (Phi) is 4.83. The zero-order valence-corrected chi connectivity index (χ0v) is 11.5. The van der Waals surface area contributed by atoms with Gasteiger partial charge in [0, 0.05) is 24.0 Å². The third kappa shape index (κ3) is 3.84. The first-order valence-electron chi connectivity index (χ1n) is 5.71. The minimum absolute atomic E-state index is 0.0470. The van der Waals surface area contributed by atoms with Gasteiger partial charge in [0.05, 0.1) is 12.3 Å². The quantitative estimate of drug-likeness (QED) is 0.604. The number of carbonyl (C=O) groups is 1. The van der Waals surface area contributed by atoms with Crippen molar-refractivity contribution in [2.75, 3.05) is 20.7 Å². The minimum atomic E-state index is -0.0470. The number of carbonyl (C=O) groups excluding carboxylic acids is 1. The molecule has 0 radical (unpaired) electrons. The van der Waals surface area contributed by atoms with Crippen LogP contribution in [-0.4, -0.2) is 42.2 Å². The van der Waals surface area contributed by atoms with E-state index in [0.29, 0.717) is 12.1 Å². The second kappa shape index (κ2) is 6.14. The maximum absolute atomic E-state index is 12.2. The molecule has 1 aromatic heterocycles. The van der Waals surface area contributed by atoms with Gasteiger partial charge < -0.3 is 9.74 Å². The van der Waals surface area contributed by atoms with Gasteiger partial charge in [0.1, 0.15) is 7.11 Å². The molecule has 18 heavy (non-hydrogen) atoms. The molecule has 1 aromatic rings. The van der Waals surface area contributed by atoms with Gasteiger partial charge in [-0.3, -0.25) is 9.78 Å². The van der Waals surface area contributed by atoms with Crippen LogP contribution in [-0.2, 0) is 4.84 Å². The lowest BCUT2D eigenvalue weighted by Gasteiger charge is -2.17. The third-order valence-electron chi connectivity index (χ3n) is 2.39. The van der Waals surface area contributed by atoms with Crippen molar-refractivity contribution in [1.82, 2.24) is 9.88 Å². The Morgan fingerprint density at radius 2 is 1.94 bits per heavy atom. The van der Waals surface area contributed by atoms with Crippen LogP contribution < -0.4 is 0 Å². The Balaban J connectivity index is 2.83. The summed E-state index contributed by atoms with van der Waals surface area (Å²) in [6, 6.07) is 3.57. The van der Waals surface area contributed by atoms with Crippen molar-refractivity contribution in [3.63, 3.8) is 0 Å². The van der Waals surface area contributed by atoms with Gasteiger partial charge in [-0.05, 0) is 32.9 Å². The first kappa shape index (κ1) is 14.2. The average Bonchev–Trinajstić information content (AvgIpc) is 2.26. The maximum Gasteiger partial charge on any atom is 0.254 e. The Hall–Kier alpha value is -1.91. The molecule has 0 atom stereocenters. The second-order valence-electron chi connectivity index (χ2n) is 4.31. The highest BCUT2D eigenvalue weighted by Crippen LogP contribution is 2.07. The van der Waals surface area contributed by atoms with Crippen LogP contribution in [0.1, 0.15) is 28.7 Å². The van der Waals surface area contributed by atoms with E-state index in [1.165, 1.54) is 7.11 Å². The molecule has 1 heterocycles. The number of aromatic nitrogens is 1. The van der Waals surface area contributed by atoms with Crippen LogP contribution in [0.3, 0.4) is 0 Å². The van der Waals surface area contributed by atoms with E-state index in [1.807, 2.05) is 20.8 Å². The molecule has 1 rings (SSSR count). The standard InChI is InChI=1S/C13H19N3O2/c1-9-6-12(7-10(2)14-9)13(17)16(4)8-11(3)15-18-5/h6-7H,8H2,1-5H3/b15-11+. The van der Waals surface area contributed by atoms with Crippen molar-refractivity contribution >= 4 is 11.6 Å². The van der Waals surface area contributed by atoms with Crippen molar-refractivity contribution in [1.29, 1.82) is 0 Å². The van der Waals surface area contributed by atoms with E-state index in [2.05, 4.69) is 15.0 Å². The fourth-order valence-electron chi connectivity index (χ4n) is 1.78. The molecule has 5 nitrogen and oxygen atoms in total. The summed E-state index contributed by atoms with van der Waals surface area (Å²) in [6.45, 7) is 6.01. The SMILES string of the molecule is CO/N=C(\C)CN(C)C(=O)c1cc(C)nc(C)c1. The van der Waals surface area contributed by atoms with Gasteiger partial charge in [-0.2, -0.15) is 0 Å². The van der Waals surface area contributed by atoms with Crippen molar-refractivity contribution in [2.24, 2.45) is 5.16 Å². The Labute approximate surface area is 107 Å². The molecule has 0 fully saturated rings. The van der Waals surface area contributed by atoms with Crippen molar-refractivity contribution < 1.29 is 9.63 Å². The Morgan fingerprint density at radius 3 is 2.44 bits per heavy atom. The zero-order valence-electron chi connectivity index (χ0n) is 11.5. The number of nitrogens with zero attached hydrogens (tertiary/aromatic N) is 3. The number of aryl methyl sites for hydroxylation is 2. The first-order chi connectivity index (χ1) is 8.43. The largest absolute Gasteiger partial charge is 0.399 e. The molecule has 0 spiro atoms. The topological polar surface area (TPSA) is 54.8 Å². The van der Waals surface area contributed by atoms with Crippen LogP contribution in [0.25, 0.3) is 0 Å². The molecule has 0 N–H and O–H groups in total. The zero-order chi connectivity index (χ0) is 13.7. The molecule has 98 valence electrons. The highest BCUT2D eigenvalue weighted by atomic mass is 16.6. The van der Waals surface area contributed by atoms with E-state index in [-0.39, 0.29) is 5.91 Å². The number of amides is 1. The summed E-state index contributed by atoms with van der Waals surface area (Å²) in [4.78, 5) is 22.7. The molecular formula is C13H19N3O2. The minimum Gasteiger partial charge on any atom is -0.399 e. The Bertz CT molecular complexity index is 449. The van der Waals surface area contributed by atoms with Gasteiger partial charge >= 0.3 is 0 Å². The molecule has 0 aliphatic carbocycles. The monoisotopic (exact) mass is 249 g/mol. The summed E-state index contributed by atoms with van der Waals surface area (Å²) < 4.78 is 0. The highest BCUT2D eigenvalue weighted by Gasteiger charge is 2.13. The van der Waals surface area contributed by atoms with Crippen LogP contribution in [0.2, 0.25) is 0 Å². The summed E-state index contributed by atoms with van der Waals surface area (Å²) >= 11 is 0. The molecule has 0 aromatic carbocycles. The van der Waals surface area contributed by atoms with Crippen LogP contribution in [0.4, 0.5) is 0 Å². The molecule has 5 heteroatoms. The molecular weight excluding hydrogens is 230 g/mol.